The third-order valence-corrected chi connectivity index (χ3v) is 3.20. The number of ether oxygens (including phenoxy) is 1. The molecule has 0 bridgehead atoms. The highest BCUT2D eigenvalue weighted by atomic mass is 16.5. The Kier molecular flexibility index (Phi) is 6.15. The first-order valence-corrected chi connectivity index (χ1v) is 6.43. The number of nitrogens with one attached hydrogen (secondary N) is 1. The van der Waals surface area contributed by atoms with Gasteiger partial charge in [0.25, 0.3) is 0 Å². The van der Waals surface area contributed by atoms with Gasteiger partial charge in [-0.2, -0.15) is 0 Å². The molecule has 1 heterocycles. The molecule has 18 heavy (non-hydrogen) atoms. The van der Waals surface area contributed by atoms with Gasteiger partial charge in [-0.25, -0.2) is 4.79 Å². The van der Waals surface area contributed by atoms with Crippen LogP contribution in [-0.2, 0) is 4.74 Å². The number of hydrogen-bond acceptors (Lipinski definition) is 3. The first-order chi connectivity index (χ1) is 8.56. The monoisotopic (exact) mass is 256 g/mol. The summed E-state index contributed by atoms with van der Waals surface area (Å²) in [6, 6.07) is -0.168. The molecule has 5 nitrogen and oxygen atoms in total. The Bertz CT molecular complexity index is 294. The molecule has 0 radical (unpaired) electrons. The molecule has 0 saturated carbocycles. The minimum Gasteiger partial charge on any atom is -0.394 e. The average Bonchev–Trinajstić information content (AvgIpc) is 2.69. The molecule has 0 aromatic heterocycles. The summed E-state index contributed by atoms with van der Waals surface area (Å²) in [6.45, 7) is 9.91. The van der Waals surface area contributed by atoms with Gasteiger partial charge in [0.2, 0.25) is 0 Å². The van der Waals surface area contributed by atoms with E-state index in [1.807, 2.05) is 6.92 Å². The van der Waals surface area contributed by atoms with Crippen LogP contribution in [0.4, 0.5) is 4.79 Å². The van der Waals surface area contributed by atoms with Crippen molar-refractivity contribution < 1.29 is 14.6 Å². The molecule has 0 aromatic rings. The Morgan fingerprint density at radius 1 is 1.61 bits per heavy atom. The number of nitrogens with zero attached hydrogens (tertiary/aromatic N) is 1. The summed E-state index contributed by atoms with van der Waals surface area (Å²) in [5.74, 6) is 0.361. The molecule has 0 unspecified atom stereocenters. The van der Waals surface area contributed by atoms with E-state index in [9.17, 15) is 9.90 Å². The van der Waals surface area contributed by atoms with Crippen molar-refractivity contribution >= 4 is 6.03 Å². The Balaban J connectivity index is 2.22. The lowest BCUT2D eigenvalue weighted by molar-refractivity contribution is 0.134. The number of likely N-dealkylation sites (tertiary alicyclic amines) is 1. The number of urea groups is 1. The molecule has 104 valence electrons. The lowest BCUT2D eigenvalue weighted by atomic mass is 10.0. The van der Waals surface area contributed by atoms with Crippen LogP contribution in [0.15, 0.2) is 12.2 Å². The van der Waals surface area contributed by atoms with Crippen LogP contribution in [0.1, 0.15) is 20.3 Å². The second-order valence-corrected chi connectivity index (χ2v) is 4.95. The van der Waals surface area contributed by atoms with E-state index in [0.717, 1.165) is 12.0 Å². The first-order valence-electron chi connectivity index (χ1n) is 6.43. The zero-order valence-corrected chi connectivity index (χ0v) is 11.3. The average molecular weight is 256 g/mol. The first kappa shape index (κ1) is 15.0. The summed E-state index contributed by atoms with van der Waals surface area (Å²) >= 11 is 0. The SMILES string of the molecule is C=C(C)COCCNC(=O)N1CC[C@H](C)[C@H]1CO. The molecule has 1 aliphatic rings. The number of carbonyl (C=O) groups is 1. The van der Waals surface area contributed by atoms with Gasteiger partial charge in [0.1, 0.15) is 0 Å². The zero-order valence-electron chi connectivity index (χ0n) is 11.3. The van der Waals surface area contributed by atoms with Crippen molar-refractivity contribution in [1.82, 2.24) is 10.2 Å². The molecule has 5 heteroatoms. The molecular weight excluding hydrogens is 232 g/mol. The number of rotatable bonds is 6. The molecule has 2 N–H and O–H groups in total. The van der Waals surface area contributed by atoms with E-state index < -0.39 is 0 Å². The lowest BCUT2D eigenvalue weighted by Crippen LogP contribution is -2.46. The Morgan fingerprint density at radius 3 is 2.94 bits per heavy atom. The Morgan fingerprint density at radius 2 is 2.33 bits per heavy atom. The third kappa shape index (κ3) is 4.31. The number of carbonyl (C=O) groups excluding carboxylic acids is 1. The highest BCUT2D eigenvalue weighted by Crippen LogP contribution is 2.23. The highest BCUT2D eigenvalue weighted by Gasteiger charge is 2.33. The Hall–Kier alpha value is -1.07. The number of hydrogen-bond donors (Lipinski definition) is 2. The van der Waals surface area contributed by atoms with Crippen LogP contribution in [0.25, 0.3) is 0 Å². The molecule has 2 amide bonds. The standard InChI is InChI=1S/C13H24N2O3/c1-10(2)9-18-7-5-14-13(17)15-6-4-11(3)12(15)8-16/h11-12,16H,1,4-9H2,2-3H3,(H,14,17)/t11-,12+/m0/s1. The number of amides is 2. The van der Waals surface area contributed by atoms with Gasteiger partial charge >= 0.3 is 6.03 Å². The van der Waals surface area contributed by atoms with Gasteiger partial charge in [-0.3, -0.25) is 0 Å². The van der Waals surface area contributed by atoms with E-state index in [1.165, 1.54) is 0 Å². The maximum atomic E-state index is 11.9. The second kappa shape index (κ2) is 7.38. The number of aliphatic hydroxyl groups excluding tert-OH is 1. The third-order valence-electron chi connectivity index (χ3n) is 3.20. The van der Waals surface area contributed by atoms with Crippen LogP contribution in [0.3, 0.4) is 0 Å². The molecule has 1 fully saturated rings. The second-order valence-electron chi connectivity index (χ2n) is 4.95. The summed E-state index contributed by atoms with van der Waals surface area (Å²) in [4.78, 5) is 13.6. The molecule has 0 spiro atoms. The van der Waals surface area contributed by atoms with Crippen molar-refractivity contribution in [2.45, 2.75) is 26.3 Å². The van der Waals surface area contributed by atoms with Crippen LogP contribution in [-0.4, -0.2) is 55.0 Å². The van der Waals surface area contributed by atoms with E-state index in [2.05, 4.69) is 18.8 Å². The molecule has 1 rings (SSSR count). The van der Waals surface area contributed by atoms with E-state index in [4.69, 9.17) is 4.74 Å². The largest absolute Gasteiger partial charge is 0.394 e. The fraction of sp³-hybridized carbons (Fsp3) is 0.769. The van der Waals surface area contributed by atoms with Crippen molar-refractivity contribution in [3.05, 3.63) is 12.2 Å². The van der Waals surface area contributed by atoms with Crippen molar-refractivity contribution in [3.63, 3.8) is 0 Å². The van der Waals surface area contributed by atoms with Gasteiger partial charge in [-0.15, -0.1) is 0 Å². The van der Waals surface area contributed by atoms with Gasteiger partial charge in [-0.1, -0.05) is 19.1 Å². The van der Waals surface area contributed by atoms with Crippen LogP contribution in [0.5, 0.6) is 0 Å². The molecular formula is C13H24N2O3. The fourth-order valence-corrected chi connectivity index (χ4v) is 2.12. The van der Waals surface area contributed by atoms with Crippen LogP contribution in [0.2, 0.25) is 0 Å². The lowest BCUT2D eigenvalue weighted by Gasteiger charge is -2.25. The van der Waals surface area contributed by atoms with E-state index in [-0.39, 0.29) is 18.7 Å². The summed E-state index contributed by atoms with van der Waals surface area (Å²) in [6.07, 6.45) is 0.949. The van der Waals surface area contributed by atoms with Gasteiger partial charge in [0, 0.05) is 13.1 Å². The minimum absolute atomic E-state index is 0.0285. The minimum atomic E-state index is -0.114. The van der Waals surface area contributed by atoms with Crippen molar-refractivity contribution in [1.29, 1.82) is 0 Å². The summed E-state index contributed by atoms with van der Waals surface area (Å²) < 4.78 is 5.30. The quantitative estimate of drug-likeness (QED) is 0.550. The molecule has 1 saturated heterocycles. The molecule has 0 aromatic carbocycles. The predicted octanol–water partition coefficient (Wildman–Crippen LogP) is 0.991. The van der Waals surface area contributed by atoms with Gasteiger partial charge < -0.3 is 20.1 Å². The van der Waals surface area contributed by atoms with E-state index >= 15 is 0 Å². The van der Waals surface area contributed by atoms with E-state index in [1.54, 1.807) is 4.90 Å². The maximum Gasteiger partial charge on any atom is 0.317 e. The van der Waals surface area contributed by atoms with Crippen molar-refractivity contribution in [2.24, 2.45) is 5.92 Å². The zero-order chi connectivity index (χ0) is 13.5. The highest BCUT2D eigenvalue weighted by molar-refractivity contribution is 5.74. The smallest absolute Gasteiger partial charge is 0.317 e. The van der Waals surface area contributed by atoms with Crippen LogP contribution >= 0.6 is 0 Å². The normalized spacial score (nSPS) is 23.2. The van der Waals surface area contributed by atoms with Crippen LogP contribution < -0.4 is 5.32 Å². The van der Waals surface area contributed by atoms with Crippen LogP contribution in [0, 0.1) is 5.92 Å². The Labute approximate surface area is 109 Å². The molecule has 2 atom stereocenters. The topological polar surface area (TPSA) is 61.8 Å². The summed E-state index contributed by atoms with van der Waals surface area (Å²) in [7, 11) is 0. The summed E-state index contributed by atoms with van der Waals surface area (Å²) in [5, 5.41) is 12.1. The van der Waals surface area contributed by atoms with Gasteiger partial charge in [0.15, 0.2) is 0 Å². The van der Waals surface area contributed by atoms with E-state index in [0.29, 0.717) is 32.2 Å². The van der Waals surface area contributed by atoms with Crippen molar-refractivity contribution in [3.8, 4) is 0 Å². The number of aliphatic hydroxyl groups is 1. The predicted molar refractivity (Wildman–Crippen MR) is 70.4 cm³/mol. The van der Waals surface area contributed by atoms with Gasteiger partial charge in [-0.05, 0) is 19.3 Å². The maximum absolute atomic E-state index is 11.9. The van der Waals surface area contributed by atoms with Crippen molar-refractivity contribution in [2.75, 3.05) is 32.9 Å². The fourth-order valence-electron chi connectivity index (χ4n) is 2.12. The summed E-state index contributed by atoms with van der Waals surface area (Å²) in [5.41, 5.74) is 0.968. The molecule has 1 aliphatic heterocycles. The molecule has 0 aliphatic carbocycles. The van der Waals surface area contributed by atoms with Gasteiger partial charge in [0.05, 0.1) is 25.9 Å².